The van der Waals surface area contributed by atoms with Gasteiger partial charge in [-0.1, -0.05) is 60.7 Å². The largest absolute Gasteiger partial charge is 0.375 e. The lowest BCUT2D eigenvalue weighted by Gasteiger charge is -2.12. The van der Waals surface area contributed by atoms with Crippen molar-refractivity contribution in [3.8, 4) is 0 Å². The van der Waals surface area contributed by atoms with E-state index in [1.54, 1.807) is 84.9 Å². The topological polar surface area (TPSA) is 192 Å². The normalized spacial score (nSPS) is 11.0. The lowest BCUT2D eigenvalue weighted by Crippen LogP contribution is -2.47. The van der Waals surface area contributed by atoms with Crippen LogP contribution < -0.4 is 43.8 Å². The molecule has 0 heterocycles. The first kappa shape index (κ1) is 30.9. The van der Waals surface area contributed by atoms with Crippen molar-refractivity contribution < 1.29 is 19.2 Å². The Morgan fingerprint density at radius 1 is 0.524 bits per heavy atom. The van der Waals surface area contributed by atoms with Crippen LogP contribution in [-0.4, -0.2) is 33.9 Å². The van der Waals surface area contributed by atoms with Crippen molar-refractivity contribution in [1.29, 1.82) is 0 Å². The maximum absolute atomic E-state index is 12.7. The van der Waals surface area contributed by atoms with Gasteiger partial charge in [0, 0.05) is 11.1 Å². The zero-order chi connectivity index (χ0) is 30.5. The molecular weight excluding hydrogens is 576 g/mol. The van der Waals surface area contributed by atoms with Gasteiger partial charge in [-0.15, -0.1) is 0 Å². The van der Waals surface area contributed by atoms with Gasteiger partial charge in [-0.05, 0) is 72.0 Å². The number of benzene rings is 3. The molecule has 0 unspecified atom stereocenters. The van der Waals surface area contributed by atoms with Crippen LogP contribution in [0.2, 0.25) is 0 Å². The molecule has 0 spiro atoms. The molecule has 0 aromatic heterocycles. The Morgan fingerprint density at radius 3 is 1.17 bits per heavy atom. The molecule has 214 valence electrons. The zero-order valence-corrected chi connectivity index (χ0v) is 23.5. The Morgan fingerprint density at radius 2 is 0.857 bits per heavy atom. The van der Waals surface area contributed by atoms with E-state index < -0.39 is 23.6 Å². The second-order valence-corrected chi connectivity index (χ2v) is 9.19. The molecule has 3 rings (SSSR count). The Balaban J connectivity index is 1.87. The van der Waals surface area contributed by atoms with Gasteiger partial charge in [0.1, 0.15) is 11.4 Å². The average molecular weight is 603 g/mol. The van der Waals surface area contributed by atoms with E-state index in [4.69, 9.17) is 35.9 Å². The van der Waals surface area contributed by atoms with Crippen LogP contribution in [0.15, 0.2) is 96.3 Å². The molecule has 3 aromatic rings. The van der Waals surface area contributed by atoms with E-state index in [2.05, 4.69) is 32.3 Å². The summed E-state index contributed by atoms with van der Waals surface area (Å²) in [7, 11) is 0. The molecule has 12 nitrogen and oxygen atoms in total. The molecule has 0 fully saturated rings. The number of hydrogen-bond acceptors (Lipinski definition) is 6. The molecule has 0 aliphatic rings. The Bertz CT molecular complexity index is 1430. The third kappa shape index (κ3) is 9.86. The molecule has 0 radical (unpaired) electrons. The van der Waals surface area contributed by atoms with Crippen molar-refractivity contribution in [2.45, 2.75) is 0 Å². The van der Waals surface area contributed by atoms with Crippen LogP contribution in [0.4, 0.5) is 0 Å². The van der Waals surface area contributed by atoms with E-state index in [1.807, 2.05) is 0 Å². The minimum atomic E-state index is -0.705. The highest BCUT2D eigenvalue weighted by Crippen LogP contribution is 2.13. The summed E-state index contributed by atoms with van der Waals surface area (Å²) in [6.07, 6.45) is 2.86. The van der Waals surface area contributed by atoms with Gasteiger partial charge in [0.25, 0.3) is 23.6 Å². The Kier molecular flexibility index (Phi) is 11.2. The van der Waals surface area contributed by atoms with Crippen LogP contribution in [0, 0.1) is 0 Å². The van der Waals surface area contributed by atoms with E-state index in [9.17, 15) is 19.2 Å². The second kappa shape index (κ2) is 15.3. The lowest BCUT2D eigenvalue weighted by atomic mass is 10.1. The summed E-state index contributed by atoms with van der Waals surface area (Å²) in [6.45, 7) is 0. The van der Waals surface area contributed by atoms with Crippen LogP contribution in [0.25, 0.3) is 12.2 Å². The molecule has 0 atom stereocenters. The Hall–Kier alpha value is -5.60. The standard InChI is InChI=1S/C28H26N8O4S2/c29-27(41)35-33-25(39)21(31-23(37)19-7-3-1-4-8-19)15-17-11-13-18(14-12-17)16-22(26(40)34-36-28(30)42)32-24(38)20-9-5-2-6-10-20/h1-16H,(H,31,37)(H,32,38)(H,33,39)(H,34,40)(H3,29,35,41)(H3,30,36,42)/b21-15-,22-16+. The number of hydrogen-bond donors (Lipinski definition) is 8. The SMILES string of the molecule is NC(=S)NNC(=O)/C(=C/c1ccc(/C=C(/NC(=O)c2ccccc2)C(=O)NNC(N)=S)cc1)NC(=O)c1ccccc1. The van der Waals surface area contributed by atoms with E-state index in [0.29, 0.717) is 22.3 Å². The fourth-order valence-corrected chi connectivity index (χ4v) is 3.38. The molecule has 42 heavy (non-hydrogen) atoms. The molecule has 0 saturated carbocycles. The van der Waals surface area contributed by atoms with E-state index in [-0.39, 0.29) is 21.6 Å². The van der Waals surface area contributed by atoms with Crippen LogP contribution in [0.5, 0.6) is 0 Å². The van der Waals surface area contributed by atoms with Crippen molar-refractivity contribution >= 4 is 70.4 Å². The number of thiocarbonyl (C=S) groups is 2. The third-order valence-electron chi connectivity index (χ3n) is 5.21. The molecule has 0 aliphatic heterocycles. The summed E-state index contributed by atoms with van der Waals surface area (Å²) in [5, 5.41) is 4.81. The van der Waals surface area contributed by atoms with Gasteiger partial charge < -0.3 is 22.1 Å². The highest BCUT2D eigenvalue weighted by Gasteiger charge is 2.16. The predicted octanol–water partition coefficient (Wildman–Crippen LogP) is 0.957. The lowest BCUT2D eigenvalue weighted by molar-refractivity contribution is -0.119. The zero-order valence-electron chi connectivity index (χ0n) is 21.8. The molecule has 0 saturated heterocycles. The first-order valence-electron chi connectivity index (χ1n) is 12.1. The molecule has 10 N–H and O–H groups in total. The number of rotatable bonds is 8. The van der Waals surface area contributed by atoms with Gasteiger partial charge in [-0.2, -0.15) is 0 Å². The minimum Gasteiger partial charge on any atom is -0.375 e. The van der Waals surface area contributed by atoms with Gasteiger partial charge in [0.2, 0.25) is 0 Å². The van der Waals surface area contributed by atoms with Crippen molar-refractivity contribution in [2.24, 2.45) is 11.5 Å². The van der Waals surface area contributed by atoms with Crippen molar-refractivity contribution in [1.82, 2.24) is 32.3 Å². The summed E-state index contributed by atoms with van der Waals surface area (Å²) in [6, 6.07) is 23.2. The number of nitrogens with one attached hydrogen (secondary N) is 6. The number of hydrazine groups is 2. The summed E-state index contributed by atoms with van der Waals surface area (Å²) in [4.78, 5) is 50.9. The molecule has 3 aromatic carbocycles. The quantitative estimate of drug-likeness (QED) is 0.105. The van der Waals surface area contributed by atoms with Crippen LogP contribution in [0.3, 0.4) is 0 Å². The fraction of sp³-hybridized carbons (Fsp3) is 0. The van der Waals surface area contributed by atoms with Crippen LogP contribution >= 0.6 is 24.4 Å². The van der Waals surface area contributed by atoms with Crippen molar-refractivity contribution in [3.63, 3.8) is 0 Å². The van der Waals surface area contributed by atoms with E-state index >= 15 is 0 Å². The fourth-order valence-electron chi connectivity index (χ4n) is 3.28. The summed E-state index contributed by atoms with van der Waals surface area (Å²) >= 11 is 9.43. The molecule has 0 bridgehead atoms. The monoisotopic (exact) mass is 602 g/mol. The van der Waals surface area contributed by atoms with Gasteiger partial charge in [-0.3, -0.25) is 40.9 Å². The van der Waals surface area contributed by atoms with Gasteiger partial charge in [0.15, 0.2) is 10.2 Å². The number of carbonyl (C=O) groups is 4. The van der Waals surface area contributed by atoms with E-state index in [0.717, 1.165) is 0 Å². The van der Waals surface area contributed by atoms with Gasteiger partial charge in [-0.25, -0.2) is 0 Å². The first-order valence-corrected chi connectivity index (χ1v) is 12.9. The molecule has 0 aliphatic carbocycles. The molecule has 4 amide bonds. The third-order valence-corrected chi connectivity index (χ3v) is 5.42. The Labute approximate surface area is 251 Å². The summed E-state index contributed by atoms with van der Waals surface area (Å²) < 4.78 is 0. The van der Waals surface area contributed by atoms with Gasteiger partial charge in [0.05, 0.1) is 0 Å². The average Bonchev–Trinajstić information content (AvgIpc) is 2.99. The maximum Gasteiger partial charge on any atom is 0.286 e. The highest BCUT2D eigenvalue weighted by atomic mass is 32.1. The van der Waals surface area contributed by atoms with Crippen molar-refractivity contribution in [2.75, 3.05) is 0 Å². The van der Waals surface area contributed by atoms with E-state index in [1.165, 1.54) is 12.2 Å². The molecular formula is C28H26N8O4S2. The number of carbonyl (C=O) groups excluding carboxylic acids is 4. The predicted molar refractivity (Wildman–Crippen MR) is 166 cm³/mol. The second-order valence-electron chi connectivity index (χ2n) is 8.31. The van der Waals surface area contributed by atoms with Crippen molar-refractivity contribution in [3.05, 3.63) is 119 Å². The number of amides is 4. The van der Waals surface area contributed by atoms with Crippen LogP contribution in [-0.2, 0) is 9.59 Å². The highest BCUT2D eigenvalue weighted by molar-refractivity contribution is 7.80. The maximum atomic E-state index is 12.7. The number of nitrogens with two attached hydrogens (primary N) is 2. The summed E-state index contributed by atoms with van der Waals surface area (Å²) in [5.41, 5.74) is 21.6. The van der Waals surface area contributed by atoms with Gasteiger partial charge >= 0.3 is 0 Å². The molecule has 14 heteroatoms. The van der Waals surface area contributed by atoms with Crippen LogP contribution in [0.1, 0.15) is 31.8 Å². The smallest absolute Gasteiger partial charge is 0.286 e. The summed E-state index contributed by atoms with van der Waals surface area (Å²) in [5.74, 6) is -2.43. The first-order chi connectivity index (χ1) is 20.1. The minimum absolute atomic E-state index is 0.102.